The third-order valence-electron chi connectivity index (χ3n) is 1.36. The lowest BCUT2D eigenvalue weighted by Gasteiger charge is -2.05. The van der Waals surface area contributed by atoms with Crippen molar-refractivity contribution in [2.24, 2.45) is 0 Å². The molecular weight excluding hydrogens is 112 g/mol. The average Bonchev–Trinajstić information content (AvgIpc) is 1.85. The van der Waals surface area contributed by atoms with Gasteiger partial charge in [0, 0.05) is 0 Å². The van der Waals surface area contributed by atoms with E-state index in [1.165, 1.54) is 6.42 Å². The zero-order chi connectivity index (χ0) is 7.11. The fourth-order valence-corrected chi connectivity index (χ4v) is 0.803. The van der Waals surface area contributed by atoms with Crippen LogP contribution in [0.3, 0.4) is 0 Å². The van der Waals surface area contributed by atoms with Gasteiger partial charge in [-0.1, -0.05) is 33.1 Å². The Hall–Kier alpha value is -0.0400. The van der Waals surface area contributed by atoms with Crippen LogP contribution in [0.15, 0.2) is 0 Å². The van der Waals surface area contributed by atoms with Crippen LogP contribution in [0.5, 0.6) is 0 Å². The van der Waals surface area contributed by atoms with Crippen molar-refractivity contribution in [3.8, 4) is 0 Å². The first-order chi connectivity index (χ1) is 4.31. The molecule has 1 heteroatoms. The van der Waals surface area contributed by atoms with Crippen molar-refractivity contribution in [2.45, 2.75) is 45.6 Å². The van der Waals surface area contributed by atoms with Gasteiger partial charge in [0.25, 0.3) is 0 Å². The van der Waals surface area contributed by atoms with Gasteiger partial charge in [0.15, 0.2) is 0 Å². The zero-order valence-electron chi connectivity index (χ0n) is 6.43. The summed E-state index contributed by atoms with van der Waals surface area (Å²) < 4.78 is 0. The second-order valence-corrected chi connectivity index (χ2v) is 2.35. The van der Waals surface area contributed by atoms with E-state index < -0.39 is 0 Å². The number of unbranched alkanes of at least 4 members (excludes halogenated alkanes) is 1. The average molecular weight is 129 g/mol. The molecule has 0 aromatic heterocycles. The molecule has 0 saturated heterocycles. The van der Waals surface area contributed by atoms with Gasteiger partial charge in [-0.05, 0) is 12.8 Å². The molecule has 1 atom stereocenters. The zero-order valence-corrected chi connectivity index (χ0v) is 6.43. The quantitative estimate of drug-likeness (QED) is 0.603. The molecule has 0 amide bonds. The third-order valence-corrected chi connectivity index (χ3v) is 1.36. The highest BCUT2D eigenvalue weighted by atomic mass is 16.3. The molecule has 0 aromatic carbocycles. The van der Waals surface area contributed by atoms with E-state index in [2.05, 4.69) is 13.8 Å². The molecule has 1 nitrogen and oxygen atoms in total. The summed E-state index contributed by atoms with van der Waals surface area (Å²) in [5.41, 5.74) is 0. The van der Waals surface area contributed by atoms with Crippen LogP contribution in [0.2, 0.25) is 0 Å². The summed E-state index contributed by atoms with van der Waals surface area (Å²) in [5.74, 6) is 0. The van der Waals surface area contributed by atoms with Crippen LogP contribution in [-0.2, 0) is 0 Å². The molecule has 0 spiro atoms. The monoisotopic (exact) mass is 129 g/mol. The van der Waals surface area contributed by atoms with Crippen LogP contribution < -0.4 is 0 Å². The molecule has 0 bridgehead atoms. The number of hydrogen-bond acceptors (Lipinski definition) is 1. The largest absolute Gasteiger partial charge is 0.393 e. The summed E-state index contributed by atoms with van der Waals surface area (Å²) >= 11 is 0. The highest BCUT2D eigenvalue weighted by Gasteiger charge is 1.99. The topological polar surface area (TPSA) is 20.2 Å². The van der Waals surface area contributed by atoms with Gasteiger partial charge in [-0.2, -0.15) is 0 Å². The number of aliphatic hydroxyl groups excluding tert-OH is 1. The van der Waals surface area contributed by atoms with E-state index in [0.717, 1.165) is 19.3 Å². The smallest absolute Gasteiger partial charge is 0.0571 e. The van der Waals surface area contributed by atoms with Gasteiger partial charge >= 0.3 is 0 Å². The summed E-state index contributed by atoms with van der Waals surface area (Å²) in [7, 11) is 0. The van der Waals surface area contributed by atoms with E-state index in [9.17, 15) is 0 Å². The van der Waals surface area contributed by atoms with Crippen LogP contribution in [0.25, 0.3) is 0 Å². The van der Waals surface area contributed by atoms with Crippen molar-refractivity contribution in [3.05, 3.63) is 6.42 Å². The van der Waals surface area contributed by atoms with E-state index in [-0.39, 0.29) is 6.10 Å². The minimum atomic E-state index is -0.157. The number of hydrogen-bond donors (Lipinski definition) is 1. The first-order valence-electron chi connectivity index (χ1n) is 3.82. The summed E-state index contributed by atoms with van der Waals surface area (Å²) in [6, 6.07) is 0. The Kier molecular flexibility index (Phi) is 6.06. The fourth-order valence-electron chi connectivity index (χ4n) is 0.803. The molecule has 0 aliphatic rings. The maximum absolute atomic E-state index is 9.12. The lowest BCUT2D eigenvalue weighted by molar-refractivity contribution is 0.190. The first kappa shape index (κ1) is 8.96. The summed E-state index contributed by atoms with van der Waals surface area (Å²) in [5, 5.41) is 9.12. The normalized spacial score (nSPS) is 13.7. The molecular formula is C8H17O. The van der Waals surface area contributed by atoms with Crippen molar-refractivity contribution >= 4 is 0 Å². The van der Waals surface area contributed by atoms with Crippen LogP contribution >= 0.6 is 0 Å². The SMILES string of the molecule is CC[CH]C(O)CCCC. The lowest BCUT2D eigenvalue weighted by Crippen LogP contribution is -2.05. The second kappa shape index (κ2) is 6.09. The summed E-state index contributed by atoms with van der Waals surface area (Å²) in [6.45, 7) is 4.19. The van der Waals surface area contributed by atoms with Crippen molar-refractivity contribution < 1.29 is 5.11 Å². The van der Waals surface area contributed by atoms with E-state index in [1.807, 2.05) is 6.42 Å². The molecule has 1 unspecified atom stereocenters. The van der Waals surface area contributed by atoms with Crippen molar-refractivity contribution in [1.29, 1.82) is 0 Å². The molecule has 0 aliphatic carbocycles. The molecule has 0 fully saturated rings. The second-order valence-electron chi connectivity index (χ2n) is 2.35. The third kappa shape index (κ3) is 5.84. The minimum Gasteiger partial charge on any atom is -0.393 e. The Balaban J connectivity index is 2.95. The van der Waals surface area contributed by atoms with Crippen LogP contribution in [0.1, 0.15) is 39.5 Å². The maximum atomic E-state index is 9.12. The molecule has 0 aliphatic heterocycles. The Bertz CT molecular complexity index is 52.5. The van der Waals surface area contributed by atoms with Crippen molar-refractivity contribution in [1.82, 2.24) is 0 Å². The highest BCUT2D eigenvalue weighted by Crippen LogP contribution is 2.04. The molecule has 0 rings (SSSR count). The van der Waals surface area contributed by atoms with E-state index >= 15 is 0 Å². The Morgan fingerprint density at radius 1 is 1.44 bits per heavy atom. The van der Waals surface area contributed by atoms with Gasteiger partial charge in [0.2, 0.25) is 0 Å². The van der Waals surface area contributed by atoms with Gasteiger partial charge in [0.1, 0.15) is 0 Å². The van der Waals surface area contributed by atoms with Crippen LogP contribution in [-0.4, -0.2) is 11.2 Å². The number of aliphatic hydroxyl groups is 1. The predicted molar refractivity (Wildman–Crippen MR) is 40.1 cm³/mol. The van der Waals surface area contributed by atoms with E-state index in [1.54, 1.807) is 0 Å². The van der Waals surface area contributed by atoms with E-state index in [4.69, 9.17) is 5.11 Å². The molecule has 1 N–H and O–H groups in total. The van der Waals surface area contributed by atoms with Crippen LogP contribution in [0.4, 0.5) is 0 Å². The maximum Gasteiger partial charge on any atom is 0.0571 e. The van der Waals surface area contributed by atoms with Gasteiger partial charge in [0.05, 0.1) is 6.10 Å². The first-order valence-corrected chi connectivity index (χ1v) is 3.82. The predicted octanol–water partition coefficient (Wildman–Crippen LogP) is 2.15. The molecule has 9 heavy (non-hydrogen) atoms. The van der Waals surface area contributed by atoms with E-state index in [0.29, 0.717) is 0 Å². The van der Waals surface area contributed by atoms with Crippen molar-refractivity contribution in [3.63, 3.8) is 0 Å². The molecule has 1 radical (unpaired) electrons. The summed E-state index contributed by atoms with van der Waals surface area (Å²) in [6.07, 6.45) is 6.02. The molecule has 0 aromatic rings. The molecule has 55 valence electrons. The minimum absolute atomic E-state index is 0.157. The highest BCUT2D eigenvalue weighted by molar-refractivity contribution is 4.72. The molecule has 0 heterocycles. The van der Waals surface area contributed by atoms with Gasteiger partial charge < -0.3 is 5.11 Å². The lowest BCUT2D eigenvalue weighted by atomic mass is 10.1. The summed E-state index contributed by atoms with van der Waals surface area (Å²) in [4.78, 5) is 0. The Labute approximate surface area is 58.1 Å². The van der Waals surface area contributed by atoms with Gasteiger partial charge in [-0.3, -0.25) is 0 Å². The van der Waals surface area contributed by atoms with Crippen LogP contribution in [0, 0.1) is 6.42 Å². The standard InChI is InChI=1S/C8H17O/c1-3-5-7-8(9)6-4-2/h6,8-9H,3-5,7H2,1-2H3. The van der Waals surface area contributed by atoms with Gasteiger partial charge in [-0.25, -0.2) is 0 Å². The fraction of sp³-hybridized carbons (Fsp3) is 0.875. The van der Waals surface area contributed by atoms with Gasteiger partial charge in [-0.15, -0.1) is 0 Å². The Morgan fingerprint density at radius 2 is 2.11 bits per heavy atom. The van der Waals surface area contributed by atoms with Crippen molar-refractivity contribution in [2.75, 3.05) is 0 Å². The molecule has 0 saturated carbocycles. The Morgan fingerprint density at radius 3 is 2.56 bits per heavy atom. The number of rotatable bonds is 5.